The van der Waals surface area contributed by atoms with Crippen molar-refractivity contribution in [3.05, 3.63) is 12.7 Å². The van der Waals surface area contributed by atoms with Crippen molar-refractivity contribution in [3.63, 3.8) is 0 Å². The van der Waals surface area contributed by atoms with Crippen LogP contribution in [0.2, 0.25) is 0 Å². The molecule has 0 saturated carbocycles. The van der Waals surface area contributed by atoms with E-state index in [1.807, 2.05) is 13.8 Å². The van der Waals surface area contributed by atoms with Crippen molar-refractivity contribution in [2.75, 3.05) is 7.11 Å². The number of methoxy groups -OCH3 is 1. The lowest BCUT2D eigenvalue weighted by atomic mass is 10.3. The van der Waals surface area contributed by atoms with Gasteiger partial charge in [0.25, 0.3) is 0 Å². The Hall–Kier alpha value is -0.870. The summed E-state index contributed by atoms with van der Waals surface area (Å²) in [5.41, 5.74) is 0. The van der Waals surface area contributed by atoms with E-state index in [1.165, 1.54) is 0 Å². The molecule has 0 aromatic heterocycles. The summed E-state index contributed by atoms with van der Waals surface area (Å²) >= 11 is 0. The lowest BCUT2D eigenvalue weighted by Gasteiger charge is -2.22. The summed E-state index contributed by atoms with van der Waals surface area (Å²) in [5, 5.41) is 0. The van der Waals surface area contributed by atoms with Crippen LogP contribution in [0.3, 0.4) is 0 Å². The highest BCUT2D eigenvalue weighted by Crippen LogP contribution is 2.12. The molecule has 0 aromatic rings. The Morgan fingerprint density at radius 3 is 2.25 bits per heavy atom. The van der Waals surface area contributed by atoms with Gasteiger partial charge in [0.05, 0.1) is 0 Å². The minimum absolute atomic E-state index is 0.320. The van der Waals surface area contributed by atoms with Gasteiger partial charge in [0.1, 0.15) is 0 Å². The summed E-state index contributed by atoms with van der Waals surface area (Å²) in [6.07, 6.45) is 3.52. The van der Waals surface area contributed by atoms with Gasteiger partial charge in [-0.25, -0.2) is 4.79 Å². The number of esters is 1. The fourth-order valence-corrected chi connectivity index (χ4v) is 1.21. The molecule has 0 aliphatic carbocycles. The molecule has 4 heteroatoms. The first-order valence-electron chi connectivity index (χ1n) is 5.69. The number of hydrogen-bond acceptors (Lipinski definition) is 4. The molecule has 0 bridgehead atoms. The van der Waals surface area contributed by atoms with E-state index in [0.717, 1.165) is 25.3 Å². The van der Waals surface area contributed by atoms with Gasteiger partial charge in [-0.05, 0) is 6.42 Å². The fraction of sp³-hybridized carbons (Fsp3) is 0.750. The molecular formula is C12H22O4. The number of rotatable bonds is 9. The van der Waals surface area contributed by atoms with Crippen molar-refractivity contribution in [3.8, 4) is 0 Å². The van der Waals surface area contributed by atoms with Gasteiger partial charge in [-0.1, -0.05) is 33.3 Å². The van der Waals surface area contributed by atoms with Crippen molar-refractivity contribution in [2.24, 2.45) is 0 Å². The summed E-state index contributed by atoms with van der Waals surface area (Å²) < 4.78 is 15.7. The largest absolute Gasteiger partial charge is 0.433 e. The summed E-state index contributed by atoms with van der Waals surface area (Å²) in [4.78, 5) is 11.1. The van der Waals surface area contributed by atoms with Gasteiger partial charge >= 0.3 is 5.97 Å². The molecule has 0 rings (SSSR count). The Labute approximate surface area is 97.6 Å². The van der Waals surface area contributed by atoms with Crippen LogP contribution in [0.5, 0.6) is 0 Å². The highest BCUT2D eigenvalue weighted by Gasteiger charge is 2.17. The second kappa shape index (κ2) is 9.36. The van der Waals surface area contributed by atoms with Crippen LogP contribution in [0.1, 0.15) is 39.5 Å². The molecule has 4 nitrogen and oxygen atoms in total. The summed E-state index contributed by atoms with van der Waals surface area (Å²) in [5.74, 6) is -0.468. The average molecular weight is 230 g/mol. The lowest BCUT2D eigenvalue weighted by molar-refractivity contribution is -0.235. The van der Waals surface area contributed by atoms with Crippen LogP contribution >= 0.6 is 0 Å². The molecule has 0 spiro atoms. The standard InChI is InChI=1S/C12H22O4/c1-5-8-11(14-4)16-12(9-6-2)15-10(13)7-3/h7,11-12H,3,5-6,8-9H2,1-2,4H3. The predicted octanol–water partition coefficient (Wildman–Crippen LogP) is 2.63. The summed E-state index contributed by atoms with van der Waals surface area (Å²) in [7, 11) is 1.58. The summed E-state index contributed by atoms with van der Waals surface area (Å²) in [6.45, 7) is 7.39. The van der Waals surface area contributed by atoms with E-state index in [9.17, 15) is 4.79 Å². The highest BCUT2D eigenvalue weighted by molar-refractivity contribution is 5.81. The Bertz CT molecular complexity index is 203. The molecule has 0 heterocycles. The SMILES string of the molecule is C=CC(=O)OC(CCC)OC(CCC)OC. The van der Waals surface area contributed by atoms with Crippen LogP contribution in [-0.4, -0.2) is 25.7 Å². The predicted molar refractivity (Wildman–Crippen MR) is 61.8 cm³/mol. The van der Waals surface area contributed by atoms with Crippen LogP contribution in [-0.2, 0) is 19.0 Å². The Morgan fingerprint density at radius 1 is 1.25 bits per heavy atom. The van der Waals surface area contributed by atoms with Gasteiger partial charge in [0.15, 0.2) is 6.29 Å². The van der Waals surface area contributed by atoms with E-state index in [1.54, 1.807) is 7.11 Å². The zero-order chi connectivity index (χ0) is 12.4. The van der Waals surface area contributed by atoms with Gasteiger partial charge < -0.3 is 14.2 Å². The van der Waals surface area contributed by atoms with Gasteiger partial charge in [0, 0.05) is 19.6 Å². The fourth-order valence-electron chi connectivity index (χ4n) is 1.21. The quantitative estimate of drug-likeness (QED) is 0.347. The third kappa shape index (κ3) is 6.58. The maximum atomic E-state index is 11.1. The molecule has 0 aromatic carbocycles. The van der Waals surface area contributed by atoms with Crippen LogP contribution in [0, 0.1) is 0 Å². The van der Waals surface area contributed by atoms with E-state index >= 15 is 0 Å². The van der Waals surface area contributed by atoms with Gasteiger partial charge in [0.2, 0.25) is 6.29 Å². The van der Waals surface area contributed by atoms with Crippen LogP contribution in [0.15, 0.2) is 12.7 Å². The van der Waals surface area contributed by atoms with Crippen molar-refractivity contribution in [1.82, 2.24) is 0 Å². The minimum Gasteiger partial charge on any atom is -0.433 e. The lowest BCUT2D eigenvalue weighted by Crippen LogP contribution is -2.27. The first kappa shape index (κ1) is 15.1. The smallest absolute Gasteiger partial charge is 0.332 e. The van der Waals surface area contributed by atoms with Gasteiger partial charge in [-0.3, -0.25) is 0 Å². The summed E-state index contributed by atoms with van der Waals surface area (Å²) in [6, 6.07) is 0. The maximum Gasteiger partial charge on any atom is 0.332 e. The molecule has 0 saturated heterocycles. The van der Waals surface area contributed by atoms with E-state index in [-0.39, 0.29) is 6.29 Å². The number of hydrogen-bond donors (Lipinski definition) is 0. The minimum atomic E-state index is -0.549. The zero-order valence-corrected chi connectivity index (χ0v) is 10.4. The van der Waals surface area contributed by atoms with Crippen molar-refractivity contribution in [1.29, 1.82) is 0 Å². The maximum absolute atomic E-state index is 11.1. The number of carbonyl (C=O) groups is 1. The van der Waals surface area contributed by atoms with Crippen LogP contribution < -0.4 is 0 Å². The third-order valence-electron chi connectivity index (χ3n) is 2.03. The molecule has 16 heavy (non-hydrogen) atoms. The highest BCUT2D eigenvalue weighted by atomic mass is 16.8. The second-order valence-electron chi connectivity index (χ2n) is 3.45. The molecule has 0 N–H and O–H groups in total. The van der Waals surface area contributed by atoms with Crippen LogP contribution in [0.25, 0.3) is 0 Å². The van der Waals surface area contributed by atoms with E-state index in [0.29, 0.717) is 6.42 Å². The van der Waals surface area contributed by atoms with Crippen molar-refractivity contribution < 1.29 is 19.0 Å². The van der Waals surface area contributed by atoms with Crippen molar-refractivity contribution in [2.45, 2.75) is 52.1 Å². The molecule has 0 aliphatic rings. The van der Waals surface area contributed by atoms with E-state index in [2.05, 4.69) is 6.58 Å². The van der Waals surface area contributed by atoms with Crippen LogP contribution in [0.4, 0.5) is 0 Å². The molecule has 2 unspecified atom stereocenters. The number of carbonyl (C=O) groups excluding carboxylic acids is 1. The van der Waals surface area contributed by atoms with Gasteiger partial charge in [-0.15, -0.1) is 0 Å². The number of ether oxygens (including phenoxy) is 3. The van der Waals surface area contributed by atoms with E-state index < -0.39 is 12.3 Å². The monoisotopic (exact) mass is 230 g/mol. The topological polar surface area (TPSA) is 44.8 Å². The normalized spacial score (nSPS) is 14.2. The molecule has 0 fully saturated rings. The molecular weight excluding hydrogens is 208 g/mol. The van der Waals surface area contributed by atoms with Crippen molar-refractivity contribution >= 4 is 5.97 Å². The molecule has 94 valence electrons. The Morgan fingerprint density at radius 2 is 1.81 bits per heavy atom. The molecule has 2 atom stereocenters. The zero-order valence-electron chi connectivity index (χ0n) is 10.4. The molecule has 0 aliphatic heterocycles. The first-order chi connectivity index (χ1) is 7.67. The first-order valence-corrected chi connectivity index (χ1v) is 5.69. The van der Waals surface area contributed by atoms with E-state index in [4.69, 9.17) is 14.2 Å². The second-order valence-corrected chi connectivity index (χ2v) is 3.45. The third-order valence-corrected chi connectivity index (χ3v) is 2.03. The average Bonchev–Trinajstić information content (AvgIpc) is 2.28. The molecule has 0 amide bonds. The Kier molecular flexibility index (Phi) is 8.85. The molecule has 0 radical (unpaired) electrons. The van der Waals surface area contributed by atoms with Gasteiger partial charge in [-0.2, -0.15) is 0 Å². The Balaban J connectivity index is 4.17.